The second-order valence-electron chi connectivity index (χ2n) is 5.27. The standard InChI is InChI=1S/C17H16O4/c1-11-9-20-15-6-5-13(8-16(15)21-10-11)12-3-2-4-14(7-12)17(18)19/h2-8,11H,9-10H2,1H3,(H,18,19). The molecule has 0 radical (unpaired) electrons. The number of carboxylic acids is 1. The first-order chi connectivity index (χ1) is 10.1. The highest BCUT2D eigenvalue weighted by Crippen LogP contribution is 2.35. The molecule has 4 heteroatoms. The fraction of sp³-hybridized carbons (Fsp3) is 0.235. The largest absolute Gasteiger partial charge is 0.489 e. The van der Waals surface area contributed by atoms with E-state index in [1.807, 2.05) is 24.3 Å². The Balaban J connectivity index is 1.97. The Hall–Kier alpha value is -2.49. The molecule has 0 saturated heterocycles. The number of benzene rings is 2. The van der Waals surface area contributed by atoms with Gasteiger partial charge < -0.3 is 14.6 Å². The van der Waals surface area contributed by atoms with E-state index in [1.54, 1.807) is 18.2 Å². The molecule has 3 rings (SSSR count). The highest BCUT2D eigenvalue weighted by molar-refractivity contribution is 5.89. The van der Waals surface area contributed by atoms with E-state index in [1.165, 1.54) is 0 Å². The first-order valence-corrected chi connectivity index (χ1v) is 6.87. The quantitative estimate of drug-likeness (QED) is 0.917. The van der Waals surface area contributed by atoms with Crippen LogP contribution in [0.3, 0.4) is 0 Å². The van der Waals surface area contributed by atoms with E-state index in [-0.39, 0.29) is 5.56 Å². The third-order valence-corrected chi connectivity index (χ3v) is 3.43. The number of ether oxygens (including phenoxy) is 2. The first kappa shape index (κ1) is 13.5. The number of rotatable bonds is 2. The van der Waals surface area contributed by atoms with Crippen LogP contribution in [-0.2, 0) is 0 Å². The van der Waals surface area contributed by atoms with Gasteiger partial charge in [-0.15, -0.1) is 0 Å². The van der Waals surface area contributed by atoms with Gasteiger partial charge in [-0.25, -0.2) is 4.79 Å². The highest BCUT2D eigenvalue weighted by atomic mass is 16.5. The average Bonchev–Trinajstić information content (AvgIpc) is 2.69. The van der Waals surface area contributed by atoms with E-state index >= 15 is 0 Å². The molecule has 1 atom stereocenters. The van der Waals surface area contributed by atoms with Crippen molar-refractivity contribution in [3.05, 3.63) is 48.0 Å². The molecular formula is C17H16O4. The maximum absolute atomic E-state index is 11.1. The van der Waals surface area contributed by atoms with Crippen LogP contribution in [0.1, 0.15) is 17.3 Å². The summed E-state index contributed by atoms with van der Waals surface area (Å²) >= 11 is 0. The number of hydrogen-bond acceptors (Lipinski definition) is 3. The van der Waals surface area contributed by atoms with Gasteiger partial charge >= 0.3 is 5.97 Å². The predicted octanol–water partition coefficient (Wildman–Crippen LogP) is 3.46. The molecule has 4 nitrogen and oxygen atoms in total. The fourth-order valence-electron chi connectivity index (χ4n) is 2.26. The lowest BCUT2D eigenvalue weighted by molar-refractivity contribution is 0.0697. The van der Waals surface area contributed by atoms with Gasteiger partial charge in [-0.3, -0.25) is 0 Å². The van der Waals surface area contributed by atoms with Crippen LogP contribution in [-0.4, -0.2) is 24.3 Å². The minimum atomic E-state index is -0.931. The SMILES string of the molecule is CC1COc2ccc(-c3cccc(C(=O)O)c3)cc2OC1. The van der Waals surface area contributed by atoms with Gasteiger partial charge in [-0.05, 0) is 35.4 Å². The monoisotopic (exact) mass is 284 g/mol. The number of aromatic carboxylic acids is 1. The minimum absolute atomic E-state index is 0.272. The third kappa shape index (κ3) is 2.84. The summed E-state index contributed by atoms with van der Waals surface area (Å²) in [6, 6.07) is 12.5. The second kappa shape index (κ2) is 5.48. The molecule has 2 aromatic rings. The van der Waals surface area contributed by atoms with Crippen molar-refractivity contribution in [2.24, 2.45) is 5.92 Å². The topological polar surface area (TPSA) is 55.8 Å². The molecule has 0 aromatic heterocycles. The van der Waals surface area contributed by atoms with Crippen LogP contribution in [0.2, 0.25) is 0 Å². The van der Waals surface area contributed by atoms with Crippen LogP contribution < -0.4 is 9.47 Å². The van der Waals surface area contributed by atoms with Crippen molar-refractivity contribution in [2.75, 3.05) is 13.2 Å². The molecule has 0 bridgehead atoms. The van der Waals surface area contributed by atoms with E-state index in [0.717, 1.165) is 16.9 Å². The van der Waals surface area contributed by atoms with Crippen LogP contribution in [0.5, 0.6) is 11.5 Å². The molecule has 1 heterocycles. The number of carbonyl (C=O) groups is 1. The van der Waals surface area contributed by atoms with Gasteiger partial charge in [0.1, 0.15) is 0 Å². The molecule has 1 aliphatic rings. The Kier molecular flexibility index (Phi) is 3.52. The van der Waals surface area contributed by atoms with Crippen LogP contribution >= 0.6 is 0 Å². The Morgan fingerprint density at radius 3 is 2.52 bits per heavy atom. The molecule has 1 aliphatic heterocycles. The molecule has 0 fully saturated rings. The summed E-state index contributed by atoms with van der Waals surface area (Å²) in [5, 5.41) is 9.07. The van der Waals surface area contributed by atoms with Crippen molar-refractivity contribution in [3.8, 4) is 22.6 Å². The number of carboxylic acid groups (broad SMARTS) is 1. The maximum atomic E-state index is 11.1. The summed E-state index contributed by atoms with van der Waals surface area (Å²) in [5.74, 6) is 0.853. The summed E-state index contributed by atoms with van der Waals surface area (Å²) in [6.07, 6.45) is 0. The maximum Gasteiger partial charge on any atom is 0.335 e. The molecule has 0 amide bonds. The highest BCUT2D eigenvalue weighted by Gasteiger charge is 2.16. The van der Waals surface area contributed by atoms with Crippen molar-refractivity contribution in [2.45, 2.75) is 6.92 Å². The summed E-state index contributed by atoms with van der Waals surface area (Å²) < 4.78 is 11.5. The Morgan fingerprint density at radius 1 is 1.05 bits per heavy atom. The fourth-order valence-corrected chi connectivity index (χ4v) is 2.26. The van der Waals surface area contributed by atoms with Crippen molar-refractivity contribution in [1.29, 1.82) is 0 Å². The van der Waals surface area contributed by atoms with E-state index in [4.69, 9.17) is 14.6 Å². The molecule has 2 aromatic carbocycles. The Labute approximate surface area is 122 Å². The zero-order valence-electron chi connectivity index (χ0n) is 11.7. The molecule has 1 unspecified atom stereocenters. The van der Waals surface area contributed by atoms with Crippen molar-refractivity contribution < 1.29 is 19.4 Å². The van der Waals surface area contributed by atoms with Gasteiger partial charge in [-0.1, -0.05) is 25.1 Å². The lowest BCUT2D eigenvalue weighted by Gasteiger charge is -2.10. The van der Waals surface area contributed by atoms with Crippen molar-refractivity contribution in [1.82, 2.24) is 0 Å². The van der Waals surface area contributed by atoms with Gasteiger partial charge in [0.15, 0.2) is 11.5 Å². The number of fused-ring (bicyclic) bond motifs is 1. The van der Waals surface area contributed by atoms with Gasteiger partial charge in [-0.2, -0.15) is 0 Å². The summed E-state index contributed by atoms with van der Waals surface area (Å²) in [4.78, 5) is 11.1. The van der Waals surface area contributed by atoms with Gasteiger partial charge in [0.2, 0.25) is 0 Å². The summed E-state index contributed by atoms with van der Waals surface area (Å²) in [7, 11) is 0. The average molecular weight is 284 g/mol. The Morgan fingerprint density at radius 2 is 1.76 bits per heavy atom. The van der Waals surface area contributed by atoms with E-state index < -0.39 is 5.97 Å². The van der Waals surface area contributed by atoms with Crippen LogP contribution in [0.4, 0.5) is 0 Å². The van der Waals surface area contributed by atoms with Crippen molar-refractivity contribution >= 4 is 5.97 Å². The minimum Gasteiger partial charge on any atom is -0.489 e. The summed E-state index contributed by atoms with van der Waals surface area (Å²) in [6.45, 7) is 3.33. The van der Waals surface area contributed by atoms with Crippen LogP contribution in [0.15, 0.2) is 42.5 Å². The lowest BCUT2D eigenvalue weighted by Crippen LogP contribution is -2.12. The molecule has 0 spiro atoms. The molecule has 1 N–H and O–H groups in total. The van der Waals surface area contributed by atoms with Crippen LogP contribution in [0, 0.1) is 5.92 Å². The zero-order chi connectivity index (χ0) is 14.8. The van der Waals surface area contributed by atoms with Gasteiger partial charge in [0.05, 0.1) is 18.8 Å². The molecule has 108 valence electrons. The first-order valence-electron chi connectivity index (χ1n) is 6.87. The smallest absolute Gasteiger partial charge is 0.335 e. The normalized spacial score (nSPS) is 17.1. The molecule has 0 saturated carbocycles. The third-order valence-electron chi connectivity index (χ3n) is 3.43. The van der Waals surface area contributed by atoms with Gasteiger partial charge in [0.25, 0.3) is 0 Å². The van der Waals surface area contributed by atoms with E-state index in [0.29, 0.717) is 24.9 Å². The summed E-state index contributed by atoms with van der Waals surface area (Å²) in [5.41, 5.74) is 2.03. The van der Waals surface area contributed by atoms with Crippen LogP contribution in [0.25, 0.3) is 11.1 Å². The second-order valence-corrected chi connectivity index (χ2v) is 5.27. The van der Waals surface area contributed by atoms with Gasteiger partial charge in [0, 0.05) is 5.92 Å². The lowest BCUT2D eigenvalue weighted by atomic mass is 10.0. The molecule has 0 aliphatic carbocycles. The zero-order valence-corrected chi connectivity index (χ0v) is 11.7. The van der Waals surface area contributed by atoms with E-state index in [9.17, 15) is 4.79 Å². The number of hydrogen-bond donors (Lipinski definition) is 1. The molecule has 21 heavy (non-hydrogen) atoms. The molecular weight excluding hydrogens is 268 g/mol. The van der Waals surface area contributed by atoms with E-state index in [2.05, 4.69) is 6.92 Å². The van der Waals surface area contributed by atoms with Crippen molar-refractivity contribution in [3.63, 3.8) is 0 Å². The predicted molar refractivity (Wildman–Crippen MR) is 79.0 cm³/mol. The Bertz CT molecular complexity index is 678.